The molecule has 6 heteroatoms. The fourth-order valence-corrected chi connectivity index (χ4v) is 2.17. The monoisotopic (exact) mass is 365 g/mol. The summed E-state index contributed by atoms with van der Waals surface area (Å²) in [4.78, 5) is 23.7. The number of esters is 2. The second-order valence-electron chi connectivity index (χ2n) is 5.46. The first-order valence-corrected chi connectivity index (χ1v) is 8.33. The molecule has 0 aliphatic heterocycles. The van der Waals surface area contributed by atoms with Crippen LogP contribution < -0.4 is 9.47 Å². The third-order valence-electron chi connectivity index (χ3n) is 3.51. The molecular formula is C21H19NO5. The maximum absolute atomic E-state index is 12.3. The van der Waals surface area contributed by atoms with Gasteiger partial charge in [-0.2, -0.15) is 5.26 Å². The molecule has 6 nitrogen and oxygen atoms in total. The minimum Gasteiger partial charge on any atom is -0.493 e. The van der Waals surface area contributed by atoms with Gasteiger partial charge in [0.15, 0.2) is 0 Å². The zero-order chi connectivity index (χ0) is 19.6. The summed E-state index contributed by atoms with van der Waals surface area (Å²) in [5, 5.41) is 9.33. The molecule has 0 aliphatic carbocycles. The molecule has 0 unspecified atom stereocenters. The number of carbonyl (C=O) groups is 2. The summed E-state index contributed by atoms with van der Waals surface area (Å²) in [6, 6.07) is 14.8. The average Bonchev–Trinajstić information content (AvgIpc) is 2.71. The lowest BCUT2D eigenvalue weighted by Gasteiger charge is -2.08. The first kappa shape index (κ1) is 19.7. The normalized spacial score (nSPS) is 10.6. The number of rotatable bonds is 7. The SMILES string of the molecule is CCCOc1ccccc1/C=C(\C#N)C(=O)Oc1ccc(C(=O)OC)cc1. The summed E-state index contributed by atoms with van der Waals surface area (Å²) in [6.45, 7) is 2.52. The molecule has 0 bridgehead atoms. The van der Waals surface area contributed by atoms with Crippen molar-refractivity contribution in [3.05, 3.63) is 65.2 Å². The van der Waals surface area contributed by atoms with Crippen molar-refractivity contribution in [2.75, 3.05) is 13.7 Å². The van der Waals surface area contributed by atoms with E-state index in [2.05, 4.69) is 4.74 Å². The first-order chi connectivity index (χ1) is 13.1. The van der Waals surface area contributed by atoms with E-state index in [1.807, 2.05) is 19.1 Å². The lowest BCUT2D eigenvalue weighted by Crippen LogP contribution is -2.10. The highest BCUT2D eigenvalue weighted by Crippen LogP contribution is 2.22. The Balaban J connectivity index is 2.18. The highest BCUT2D eigenvalue weighted by atomic mass is 16.5. The number of carbonyl (C=O) groups excluding carboxylic acids is 2. The molecule has 0 saturated heterocycles. The summed E-state index contributed by atoms with van der Waals surface area (Å²) >= 11 is 0. The van der Waals surface area contributed by atoms with E-state index in [-0.39, 0.29) is 11.3 Å². The van der Waals surface area contributed by atoms with Crippen molar-refractivity contribution in [2.24, 2.45) is 0 Å². The maximum atomic E-state index is 12.3. The van der Waals surface area contributed by atoms with Crippen LogP contribution >= 0.6 is 0 Å². The van der Waals surface area contributed by atoms with Crippen molar-refractivity contribution in [1.82, 2.24) is 0 Å². The standard InChI is InChI=1S/C21H19NO5/c1-3-12-26-19-7-5-4-6-16(19)13-17(14-22)21(24)27-18-10-8-15(9-11-18)20(23)25-2/h4-11,13H,3,12H2,1-2H3/b17-13+. The Hall–Kier alpha value is -3.59. The number of para-hydroxylation sites is 1. The van der Waals surface area contributed by atoms with E-state index in [0.29, 0.717) is 23.5 Å². The average molecular weight is 365 g/mol. The molecule has 0 aromatic heterocycles. The third-order valence-corrected chi connectivity index (χ3v) is 3.51. The molecule has 138 valence electrons. The number of hydrogen-bond donors (Lipinski definition) is 0. The van der Waals surface area contributed by atoms with Crippen LogP contribution in [0.1, 0.15) is 29.3 Å². The van der Waals surface area contributed by atoms with E-state index in [1.165, 1.54) is 37.5 Å². The van der Waals surface area contributed by atoms with E-state index in [4.69, 9.17) is 9.47 Å². The number of hydrogen-bond acceptors (Lipinski definition) is 6. The maximum Gasteiger partial charge on any atom is 0.354 e. The van der Waals surface area contributed by atoms with Gasteiger partial charge in [-0.15, -0.1) is 0 Å². The van der Waals surface area contributed by atoms with Crippen LogP contribution in [0.5, 0.6) is 11.5 Å². The van der Waals surface area contributed by atoms with Gasteiger partial charge in [0.25, 0.3) is 0 Å². The number of nitriles is 1. The molecule has 2 aromatic carbocycles. The second kappa shape index (κ2) is 9.78. The molecule has 0 atom stereocenters. The van der Waals surface area contributed by atoms with Gasteiger partial charge >= 0.3 is 11.9 Å². The quantitative estimate of drug-likeness (QED) is 0.321. The van der Waals surface area contributed by atoms with Crippen molar-refractivity contribution in [3.63, 3.8) is 0 Å². The predicted molar refractivity (Wildman–Crippen MR) is 99.2 cm³/mol. The molecule has 2 rings (SSSR count). The van der Waals surface area contributed by atoms with Crippen LogP contribution in [-0.2, 0) is 9.53 Å². The van der Waals surface area contributed by atoms with Gasteiger partial charge in [0.05, 0.1) is 19.3 Å². The molecule has 2 aromatic rings. The summed E-state index contributed by atoms with van der Waals surface area (Å²) < 4.78 is 15.4. The highest BCUT2D eigenvalue weighted by Gasteiger charge is 2.14. The van der Waals surface area contributed by atoms with Gasteiger partial charge in [-0.25, -0.2) is 9.59 Å². The molecule has 0 saturated carbocycles. The molecule has 0 N–H and O–H groups in total. The van der Waals surface area contributed by atoms with Crippen LogP contribution in [0.2, 0.25) is 0 Å². The number of ether oxygens (including phenoxy) is 3. The van der Waals surface area contributed by atoms with Crippen LogP contribution in [-0.4, -0.2) is 25.7 Å². The van der Waals surface area contributed by atoms with Crippen molar-refractivity contribution in [1.29, 1.82) is 5.26 Å². The largest absolute Gasteiger partial charge is 0.493 e. The first-order valence-electron chi connectivity index (χ1n) is 8.33. The minimum absolute atomic E-state index is 0.167. The zero-order valence-electron chi connectivity index (χ0n) is 15.1. The van der Waals surface area contributed by atoms with Crippen LogP contribution in [0.25, 0.3) is 6.08 Å². The zero-order valence-corrected chi connectivity index (χ0v) is 15.1. The Labute approximate surface area is 157 Å². The number of benzene rings is 2. The lowest BCUT2D eigenvalue weighted by molar-refractivity contribution is -0.129. The van der Waals surface area contributed by atoms with Gasteiger partial charge in [-0.1, -0.05) is 25.1 Å². The van der Waals surface area contributed by atoms with E-state index in [1.54, 1.807) is 18.2 Å². The summed E-state index contributed by atoms with van der Waals surface area (Å²) in [6.07, 6.45) is 2.27. The Morgan fingerprint density at radius 2 is 1.81 bits per heavy atom. The Morgan fingerprint density at radius 3 is 2.44 bits per heavy atom. The van der Waals surface area contributed by atoms with Gasteiger partial charge in [0.1, 0.15) is 23.1 Å². The molecule has 0 amide bonds. The van der Waals surface area contributed by atoms with Crippen molar-refractivity contribution in [2.45, 2.75) is 13.3 Å². The van der Waals surface area contributed by atoms with Crippen LogP contribution in [0.3, 0.4) is 0 Å². The Bertz CT molecular complexity index is 878. The lowest BCUT2D eigenvalue weighted by atomic mass is 10.1. The van der Waals surface area contributed by atoms with E-state index in [9.17, 15) is 14.9 Å². The van der Waals surface area contributed by atoms with Gasteiger partial charge in [0, 0.05) is 5.56 Å². The molecule has 0 spiro atoms. The van der Waals surface area contributed by atoms with E-state index < -0.39 is 11.9 Å². The van der Waals surface area contributed by atoms with Gasteiger partial charge in [0.2, 0.25) is 0 Å². The van der Waals surface area contributed by atoms with Crippen LogP contribution in [0.15, 0.2) is 54.1 Å². The second-order valence-corrected chi connectivity index (χ2v) is 5.46. The topological polar surface area (TPSA) is 85.6 Å². The number of nitrogens with zero attached hydrogens (tertiary/aromatic N) is 1. The fourth-order valence-electron chi connectivity index (χ4n) is 2.17. The molecular weight excluding hydrogens is 346 g/mol. The molecule has 0 fully saturated rings. The molecule has 0 heterocycles. The molecule has 27 heavy (non-hydrogen) atoms. The summed E-state index contributed by atoms with van der Waals surface area (Å²) in [7, 11) is 1.28. The van der Waals surface area contributed by atoms with Crippen molar-refractivity contribution >= 4 is 18.0 Å². The Morgan fingerprint density at radius 1 is 1.11 bits per heavy atom. The summed E-state index contributed by atoms with van der Waals surface area (Å²) in [5.74, 6) is -0.491. The molecule has 0 aliphatic rings. The third kappa shape index (κ3) is 5.44. The summed E-state index contributed by atoms with van der Waals surface area (Å²) in [5.41, 5.74) is 0.774. The highest BCUT2D eigenvalue weighted by molar-refractivity contribution is 5.99. The van der Waals surface area contributed by atoms with Gasteiger partial charge in [-0.05, 0) is 42.8 Å². The van der Waals surface area contributed by atoms with E-state index in [0.717, 1.165) is 6.42 Å². The van der Waals surface area contributed by atoms with Gasteiger partial charge < -0.3 is 14.2 Å². The van der Waals surface area contributed by atoms with Crippen molar-refractivity contribution < 1.29 is 23.8 Å². The molecule has 0 radical (unpaired) electrons. The van der Waals surface area contributed by atoms with Gasteiger partial charge in [-0.3, -0.25) is 0 Å². The number of methoxy groups -OCH3 is 1. The van der Waals surface area contributed by atoms with Crippen LogP contribution in [0, 0.1) is 11.3 Å². The smallest absolute Gasteiger partial charge is 0.354 e. The van der Waals surface area contributed by atoms with E-state index >= 15 is 0 Å². The minimum atomic E-state index is -0.798. The fraction of sp³-hybridized carbons (Fsp3) is 0.190. The predicted octanol–water partition coefficient (Wildman–Crippen LogP) is 3.77. The van der Waals surface area contributed by atoms with Crippen LogP contribution in [0.4, 0.5) is 0 Å². The Kier molecular flexibility index (Phi) is 7.15. The van der Waals surface area contributed by atoms with Crippen molar-refractivity contribution in [3.8, 4) is 17.6 Å².